The number of methoxy groups -OCH3 is 4. The van der Waals surface area contributed by atoms with E-state index in [4.69, 9.17) is 18.9 Å². The Balaban J connectivity index is 2.14. The van der Waals surface area contributed by atoms with Crippen LogP contribution in [0.25, 0.3) is 0 Å². The minimum absolute atomic E-state index is 0.730. The van der Waals surface area contributed by atoms with Gasteiger partial charge >= 0.3 is 0 Å². The maximum absolute atomic E-state index is 5.50. The van der Waals surface area contributed by atoms with Crippen molar-refractivity contribution in [3.63, 3.8) is 0 Å². The fourth-order valence-electron chi connectivity index (χ4n) is 3.29. The Morgan fingerprint density at radius 3 is 2.10 bits per heavy atom. The standard InChI is InChI=1S/C24H34N2O4/c1-6-13-25-14-7-15-26(20-9-11-22(28-3)24(18-20)30-5)16-12-19-8-10-21(27-2)23(17-19)29-4/h6,8-11,17-18,25H,1,7,12-16H2,2-5H3. The molecule has 1 N–H and O–H groups in total. The van der Waals surface area contributed by atoms with Crippen molar-refractivity contribution in [3.05, 3.63) is 54.6 Å². The van der Waals surface area contributed by atoms with E-state index >= 15 is 0 Å². The summed E-state index contributed by atoms with van der Waals surface area (Å²) in [6.45, 7) is 7.30. The van der Waals surface area contributed by atoms with Crippen LogP contribution in [-0.2, 0) is 6.42 Å². The smallest absolute Gasteiger partial charge is 0.162 e. The fourth-order valence-corrected chi connectivity index (χ4v) is 3.29. The van der Waals surface area contributed by atoms with Crippen LogP contribution in [0.4, 0.5) is 5.69 Å². The molecule has 0 aromatic heterocycles. The zero-order valence-corrected chi connectivity index (χ0v) is 18.6. The van der Waals surface area contributed by atoms with Gasteiger partial charge in [0.1, 0.15) is 0 Å². The molecular formula is C24H34N2O4. The summed E-state index contributed by atoms with van der Waals surface area (Å²) in [4.78, 5) is 2.37. The first-order valence-corrected chi connectivity index (χ1v) is 10.2. The van der Waals surface area contributed by atoms with Gasteiger partial charge < -0.3 is 29.2 Å². The minimum Gasteiger partial charge on any atom is -0.493 e. The minimum atomic E-state index is 0.730. The van der Waals surface area contributed by atoms with Crippen LogP contribution in [0.2, 0.25) is 0 Å². The van der Waals surface area contributed by atoms with Crippen molar-refractivity contribution in [2.45, 2.75) is 12.8 Å². The molecule has 0 saturated heterocycles. The molecule has 0 unspecified atom stereocenters. The number of hydrogen-bond acceptors (Lipinski definition) is 6. The lowest BCUT2D eigenvalue weighted by atomic mass is 10.1. The zero-order chi connectivity index (χ0) is 21.8. The van der Waals surface area contributed by atoms with Gasteiger partial charge in [0.2, 0.25) is 0 Å². The molecule has 164 valence electrons. The van der Waals surface area contributed by atoms with Gasteiger partial charge in [-0.15, -0.1) is 6.58 Å². The van der Waals surface area contributed by atoms with Gasteiger partial charge in [0.15, 0.2) is 23.0 Å². The molecule has 0 aliphatic heterocycles. The molecule has 0 amide bonds. The summed E-state index contributed by atoms with van der Waals surface area (Å²) in [5.74, 6) is 2.96. The second-order valence-corrected chi connectivity index (χ2v) is 6.81. The lowest BCUT2D eigenvalue weighted by molar-refractivity contribution is 0.354. The van der Waals surface area contributed by atoms with E-state index in [1.165, 1.54) is 5.56 Å². The first kappa shape index (κ1) is 23.4. The van der Waals surface area contributed by atoms with Crippen LogP contribution in [0.15, 0.2) is 49.1 Å². The maximum Gasteiger partial charge on any atom is 0.162 e. The lowest BCUT2D eigenvalue weighted by Gasteiger charge is -2.26. The lowest BCUT2D eigenvalue weighted by Crippen LogP contribution is -2.29. The van der Waals surface area contributed by atoms with Crippen LogP contribution in [-0.4, -0.2) is 54.6 Å². The first-order valence-electron chi connectivity index (χ1n) is 10.2. The summed E-state index contributed by atoms with van der Waals surface area (Å²) in [6.07, 6.45) is 3.78. The van der Waals surface area contributed by atoms with Crippen LogP contribution in [0, 0.1) is 0 Å². The van der Waals surface area contributed by atoms with Crippen molar-refractivity contribution in [3.8, 4) is 23.0 Å². The molecule has 0 bridgehead atoms. The van der Waals surface area contributed by atoms with Gasteiger partial charge in [0, 0.05) is 31.4 Å². The van der Waals surface area contributed by atoms with Crippen LogP contribution < -0.4 is 29.2 Å². The van der Waals surface area contributed by atoms with Crippen molar-refractivity contribution >= 4 is 5.69 Å². The van der Waals surface area contributed by atoms with Gasteiger partial charge in [-0.3, -0.25) is 0 Å². The second kappa shape index (κ2) is 12.6. The van der Waals surface area contributed by atoms with Crippen LogP contribution in [0.5, 0.6) is 23.0 Å². The van der Waals surface area contributed by atoms with E-state index in [1.807, 2.05) is 30.3 Å². The number of nitrogens with zero attached hydrogens (tertiary/aromatic N) is 1. The predicted octanol–water partition coefficient (Wildman–Crippen LogP) is 3.94. The highest BCUT2D eigenvalue weighted by atomic mass is 16.5. The van der Waals surface area contributed by atoms with E-state index in [1.54, 1.807) is 28.4 Å². The molecule has 0 radical (unpaired) electrons. The maximum atomic E-state index is 5.50. The van der Waals surface area contributed by atoms with Crippen molar-refractivity contribution in [2.75, 3.05) is 59.5 Å². The van der Waals surface area contributed by atoms with Gasteiger partial charge in [-0.2, -0.15) is 0 Å². The first-order chi connectivity index (χ1) is 14.7. The molecule has 0 aliphatic carbocycles. The van der Waals surface area contributed by atoms with Gasteiger partial charge in [-0.05, 0) is 49.2 Å². The highest BCUT2D eigenvalue weighted by Crippen LogP contribution is 2.32. The molecule has 0 heterocycles. The number of benzene rings is 2. The molecule has 2 aromatic rings. The summed E-state index contributed by atoms with van der Waals surface area (Å²) in [6, 6.07) is 12.1. The second-order valence-electron chi connectivity index (χ2n) is 6.81. The molecule has 6 heteroatoms. The van der Waals surface area contributed by atoms with E-state index in [2.05, 4.69) is 28.9 Å². The molecule has 0 fully saturated rings. The Bertz CT molecular complexity index is 795. The molecule has 30 heavy (non-hydrogen) atoms. The van der Waals surface area contributed by atoms with Gasteiger partial charge in [0.25, 0.3) is 0 Å². The monoisotopic (exact) mass is 414 g/mol. The van der Waals surface area contributed by atoms with Gasteiger partial charge in [0.05, 0.1) is 28.4 Å². The Labute approximate surface area is 180 Å². The summed E-state index contributed by atoms with van der Waals surface area (Å²) < 4.78 is 21.7. The fraction of sp³-hybridized carbons (Fsp3) is 0.417. The number of anilines is 1. The average Bonchev–Trinajstić information content (AvgIpc) is 2.80. The summed E-state index contributed by atoms with van der Waals surface area (Å²) in [7, 11) is 6.62. The molecule has 0 saturated carbocycles. The average molecular weight is 415 g/mol. The Morgan fingerprint density at radius 2 is 1.47 bits per heavy atom. The third-order valence-corrected chi connectivity index (χ3v) is 4.92. The largest absolute Gasteiger partial charge is 0.493 e. The van der Waals surface area contributed by atoms with Crippen LogP contribution >= 0.6 is 0 Å². The van der Waals surface area contributed by atoms with Gasteiger partial charge in [-0.1, -0.05) is 12.1 Å². The Kier molecular flexibility index (Phi) is 9.87. The molecule has 0 aliphatic rings. The highest BCUT2D eigenvalue weighted by molar-refractivity contribution is 5.56. The van der Waals surface area contributed by atoms with E-state index in [-0.39, 0.29) is 0 Å². The molecule has 6 nitrogen and oxygen atoms in total. The Morgan fingerprint density at radius 1 is 0.833 bits per heavy atom. The van der Waals surface area contributed by atoms with E-state index in [0.29, 0.717) is 0 Å². The van der Waals surface area contributed by atoms with Gasteiger partial charge in [-0.25, -0.2) is 0 Å². The third kappa shape index (κ3) is 6.59. The molecule has 0 atom stereocenters. The normalized spacial score (nSPS) is 10.4. The summed E-state index contributed by atoms with van der Waals surface area (Å²) in [5, 5.41) is 3.36. The van der Waals surface area contributed by atoms with E-state index in [0.717, 1.165) is 67.7 Å². The predicted molar refractivity (Wildman–Crippen MR) is 123 cm³/mol. The number of rotatable bonds is 14. The number of ether oxygens (including phenoxy) is 4. The van der Waals surface area contributed by atoms with E-state index in [9.17, 15) is 0 Å². The quantitative estimate of drug-likeness (QED) is 0.373. The summed E-state index contributed by atoms with van der Waals surface area (Å²) in [5.41, 5.74) is 2.31. The summed E-state index contributed by atoms with van der Waals surface area (Å²) >= 11 is 0. The zero-order valence-electron chi connectivity index (χ0n) is 18.6. The highest BCUT2D eigenvalue weighted by Gasteiger charge is 2.12. The number of hydrogen-bond donors (Lipinski definition) is 1. The molecular weight excluding hydrogens is 380 g/mol. The Hall–Kier alpha value is -2.86. The van der Waals surface area contributed by atoms with Crippen molar-refractivity contribution in [1.82, 2.24) is 5.32 Å². The van der Waals surface area contributed by atoms with Crippen molar-refractivity contribution in [1.29, 1.82) is 0 Å². The topological polar surface area (TPSA) is 52.2 Å². The van der Waals surface area contributed by atoms with Crippen molar-refractivity contribution in [2.24, 2.45) is 0 Å². The van der Waals surface area contributed by atoms with Crippen molar-refractivity contribution < 1.29 is 18.9 Å². The van der Waals surface area contributed by atoms with Crippen LogP contribution in [0.3, 0.4) is 0 Å². The molecule has 2 rings (SSSR count). The molecule has 0 spiro atoms. The SMILES string of the molecule is C=CCNCCCN(CCc1ccc(OC)c(OC)c1)c1ccc(OC)c(OC)c1. The number of nitrogens with one attached hydrogen (secondary N) is 1. The molecule has 2 aromatic carbocycles. The van der Waals surface area contributed by atoms with E-state index < -0.39 is 0 Å². The third-order valence-electron chi connectivity index (χ3n) is 4.92. The van der Waals surface area contributed by atoms with Crippen LogP contribution in [0.1, 0.15) is 12.0 Å².